The standard InChI is InChI=1S/C8H5Cl2N3O/c1-13-4-2-5(9)11-8(10)7(4)12-6(13)3-14/h2-3H,1H3. The van der Waals surface area contributed by atoms with Crippen LogP contribution in [0.5, 0.6) is 0 Å². The molecule has 0 bridgehead atoms. The Bertz CT molecular complexity index is 521. The minimum absolute atomic E-state index is 0.205. The van der Waals surface area contributed by atoms with Gasteiger partial charge in [-0.15, -0.1) is 0 Å². The third-order valence-corrected chi connectivity index (χ3v) is 2.39. The molecule has 6 heteroatoms. The van der Waals surface area contributed by atoms with Crippen LogP contribution in [-0.4, -0.2) is 20.8 Å². The van der Waals surface area contributed by atoms with E-state index in [1.807, 2.05) is 0 Å². The van der Waals surface area contributed by atoms with Crippen molar-refractivity contribution in [2.75, 3.05) is 0 Å². The molecule has 72 valence electrons. The largest absolute Gasteiger partial charge is 0.325 e. The molecular weight excluding hydrogens is 225 g/mol. The number of pyridine rings is 1. The Morgan fingerprint density at radius 1 is 1.43 bits per heavy atom. The molecule has 0 aliphatic heterocycles. The monoisotopic (exact) mass is 229 g/mol. The number of rotatable bonds is 1. The first-order valence-corrected chi connectivity index (χ1v) is 4.52. The zero-order chi connectivity index (χ0) is 10.3. The lowest BCUT2D eigenvalue weighted by Gasteiger charge is -1.96. The molecule has 2 aromatic rings. The van der Waals surface area contributed by atoms with Crippen LogP contribution >= 0.6 is 23.2 Å². The van der Waals surface area contributed by atoms with E-state index in [1.165, 1.54) is 0 Å². The molecule has 0 spiro atoms. The summed E-state index contributed by atoms with van der Waals surface area (Å²) >= 11 is 11.5. The smallest absolute Gasteiger partial charge is 0.185 e. The highest BCUT2D eigenvalue weighted by Gasteiger charge is 2.11. The zero-order valence-corrected chi connectivity index (χ0v) is 8.67. The van der Waals surface area contributed by atoms with Gasteiger partial charge in [0.2, 0.25) is 0 Å². The second kappa shape index (κ2) is 3.22. The van der Waals surface area contributed by atoms with Crippen molar-refractivity contribution in [2.45, 2.75) is 0 Å². The first kappa shape index (κ1) is 9.43. The Hall–Kier alpha value is -1.13. The fraction of sp³-hybridized carbons (Fsp3) is 0.125. The summed E-state index contributed by atoms with van der Waals surface area (Å²) in [7, 11) is 1.71. The molecule has 0 amide bonds. The van der Waals surface area contributed by atoms with Gasteiger partial charge in [-0.05, 0) is 0 Å². The Morgan fingerprint density at radius 2 is 2.14 bits per heavy atom. The molecule has 2 aromatic heterocycles. The highest BCUT2D eigenvalue weighted by Crippen LogP contribution is 2.23. The van der Waals surface area contributed by atoms with Crippen molar-refractivity contribution in [1.29, 1.82) is 0 Å². The number of hydrogen-bond donors (Lipinski definition) is 0. The van der Waals surface area contributed by atoms with Crippen LogP contribution in [0.3, 0.4) is 0 Å². The molecule has 4 nitrogen and oxygen atoms in total. The fourth-order valence-corrected chi connectivity index (χ4v) is 1.70. The topological polar surface area (TPSA) is 47.8 Å². The van der Waals surface area contributed by atoms with Gasteiger partial charge in [-0.2, -0.15) is 0 Å². The first-order valence-electron chi connectivity index (χ1n) is 3.77. The quantitative estimate of drug-likeness (QED) is 0.556. The molecule has 0 atom stereocenters. The van der Waals surface area contributed by atoms with Gasteiger partial charge in [0.05, 0.1) is 5.52 Å². The van der Waals surface area contributed by atoms with Crippen LogP contribution in [-0.2, 0) is 7.05 Å². The summed E-state index contributed by atoms with van der Waals surface area (Å²) in [5, 5.41) is 0.485. The molecule has 0 unspecified atom stereocenters. The average Bonchev–Trinajstić information content (AvgIpc) is 2.44. The molecule has 2 heterocycles. The number of imidazole rings is 1. The average molecular weight is 230 g/mol. The molecule has 0 radical (unpaired) electrons. The number of halogens is 2. The van der Waals surface area contributed by atoms with Crippen LogP contribution in [0.15, 0.2) is 6.07 Å². The van der Waals surface area contributed by atoms with Gasteiger partial charge in [0.25, 0.3) is 0 Å². The van der Waals surface area contributed by atoms with Crippen molar-refractivity contribution in [2.24, 2.45) is 7.05 Å². The second-order valence-corrected chi connectivity index (χ2v) is 3.50. The van der Waals surface area contributed by atoms with Crippen molar-refractivity contribution in [3.63, 3.8) is 0 Å². The number of carbonyl (C=O) groups excluding carboxylic acids is 1. The molecule has 0 aromatic carbocycles. The Labute approximate surface area is 89.5 Å². The number of aryl methyl sites for hydroxylation is 1. The zero-order valence-electron chi connectivity index (χ0n) is 7.16. The van der Waals surface area contributed by atoms with Crippen molar-refractivity contribution in [1.82, 2.24) is 14.5 Å². The Morgan fingerprint density at radius 3 is 2.79 bits per heavy atom. The maximum Gasteiger partial charge on any atom is 0.185 e. The number of nitrogens with zero attached hydrogens (tertiary/aromatic N) is 3. The van der Waals surface area contributed by atoms with Crippen molar-refractivity contribution in [3.8, 4) is 0 Å². The summed E-state index contributed by atoms with van der Waals surface area (Å²) in [6.07, 6.45) is 0.657. The minimum atomic E-state index is 0.205. The summed E-state index contributed by atoms with van der Waals surface area (Å²) in [6.45, 7) is 0. The molecular formula is C8H5Cl2N3O. The maximum absolute atomic E-state index is 10.6. The van der Waals surface area contributed by atoms with E-state index in [2.05, 4.69) is 9.97 Å². The Kier molecular flexibility index (Phi) is 2.17. The SMILES string of the molecule is Cn1c(C=O)nc2c(Cl)nc(Cl)cc21. The predicted molar refractivity (Wildman–Crippen MR) is 53.9 cm³/mol. The predicted octanol–water partition coefficient (Wildman–Crippen LogP) is 2.09. The summed E-state index contributed by atoms with van der Waals surface area (Å²) in [4.78, 5) is 18.5. The number of hydrogen-bond acceptors (Lipinski definition) is 3. The van der Waals surface area contributed by atoms with Crippen LogP contribution in [0.25, 0.3) is 11.0 Å². The summed E-state index contributed by atoms with van der Waals surface area (Å²) in [5.41, 5.74) is 1.18. The van der Waals surface area contributed by atoms with Crippen molar-refractivity contribution >= 4 is 40.5 Å². The van der Waals surface area contributed by atoms with E-state index < -0.39 is 0 Å². The number of carbonyl (C=O) groups is 1. The molecule has 2 rings (SSSR count). The number of aldehydes is 1. The molecule has 0 fully saturated rings. The third-order valence-electron chi connectivity index (χ3n) is 1.94. The Balaban J connectivity index is 2.91. The molecule has 0 N–H and O–H groups in total. The van der Waals surface area contributed by atoms with Gasteiger partial charge >= 0.3 is 0 Å². The molecule has 0 saturated heterocycles. The van der Waals surface area contributed by atoms with E-state index in [0.29, 0.717) is 23.1 Å². The van der Waals surface area contributed by atoms with Crippen LogP contribution in [0.1, 0.15) is 10.6 Å². The summed E-state index contributed by atoms with van der Waals surface area (Å²) in [6, 6.07) is 1.61. The van der Waals surface area contributed by atoms with Gasteiger partial charge in [0.1, 0.15) is 10.7 Å². The van der Waals surface area contributed by atoms with Gasteiger partial charge in [-0.3, -0.25) is 4.79 Å². The van der Waals surface area contributed by atoms with Crippen molar-refractivity contribution in [3.05, 3.63) is 22.2 Å². The van der Waals surface area contributed by atoms with E-state index in [9.17, 15) is 4.79 Å². The lowest BCUT2D eigenvalue weighted by molar-refractivity contribution is 0.111. The van der Waals surface area contributed by atoms with Crippen LogP contribution in [0.2, 0.25) is 10.3 Å². The number of aromatic nitrogens is 3. The van der Waals surface area contributed by atoms with E-state index >= 15 is 0 Å². The molecule has 0 saturated carbocycles. The minimum Gasteiger partial charge on any atom is -0.325 e. The summed E-state index contributed by atoms with van der Waals surface area (Å²) < 4.78 is 1.61. The lowest BCUT2D eigenvalue weighted by Crippen LogP contribution is -1.94. The molecule has 0 aliphatic carbocycles. The van der Waals surface area contributed by atoms with E-state index in [4.69, 9.17) is 23.2 Å². The van der Waals surface area contributed by atoms with Gasteiger partial charge < -0.3 is 4.57 Å². The van der Waals surface area contributed by atoms with Crippen LogP contribution in [0, 0.1) is 0 Å². The first-order chi connectivity index (χ1) is 6.63. The maximum atomic E-state index is 10.6. The normalized spacial score (nSPS) is 10.8. The fourth-order valence-electron chi connectivity index (χ4n) is 1.24. The number of fused-ring (bicyclic) bond motifs is 1. The second-order valence-electron chi connectivity index (χ2n) is 2.75. The van der Waals surface area contributed by atoms with E-state index in [1.54, 1.807) is 17.7 Å². The lowest BCUT2D eigenvalue weighted by atomic mass is 10.4. The molecule has 14 heavy (non-hydrogen) atoms. The molecule has 0 aliphatic rings. The van der Waals surface area contributed by atoms with Gasteiger partial charge in [0.15, 0.2) is 17.3 Å². The van der Waals surface area contributed by atoms with E-state index in [-0.39, 0.29) is 10.3 Å². The highest BCUT2D eigenvalue weighted by molar-refractivity contribution is 6.36. The van der Waals surface area contributed by atoms with Gasteiger partial charge in [0, 0.05) is 13.1 Å². The summed E-state index contributed by atoms with van der Waals surface area (Å²) in [5.74, 6) is 0.297. The third kappa shape index (κ3) is 1.27. The van der Waals surface area contributed by atoms with Crippen molar-refractivity contribution < 1.29 is 4.79 Å². The van der Waals surface area contributed by atoms with E-state index in [0.717, 1.165) is 0 Å². The van der Waals surface area contributed by atoms with Crippen LogP contribution < -0.4 is 0 Å². The highest BCUT2D eigenvalue weighted by atomic mass is 35.5. The van der Waals surface area contributed by atoms with Gasteiger partial charge in [-0.25, -0.2) is 9.97 Å². The van der Waals surface area contributed by atoms with Crippen LogP contribution in [0.4, 0.5) is 0 Å². The van der Waals surface area contributed by atoms with Gasteiger partial charge in [-0.1, -0.05) is 23.2 Å².